The zero-order valence-corrected chi connectivity index (χ0v) is 13.8. The van der Waals surface area contributed by atoms with Gasteiger partial charge in [-0.1, -0.05) is 11.8 Å². The first-order chi connectivity index (χ1) is 11.1. The summed E-state index contributed by atoms with van der Waals surface area (Å²) in [5.74, 6) is 1.01. The molecule has 23 heavy (non-hydrogen) atoms. The SMILES string of the molecule is COC(=O)CSc1n[nH]c(N/N=C(\C)c2ccc(OC)cc2)n1. The molecule has 0 saturated heterocycles. The molecule has 1 aromatic heterocycles. The number of hydrogen-bond donors (Lipinski definition) is 2. The first-order valence-corrected chi connectivity index (χ1v) is 7.67. The number of esters is 1. The Morgan fingerprint density at radius 3 is 2.74 bits per heavy atom. The monoisotopic (exact) mass is 335 g/mol. The molecule has 122 valence electrons. The third-order valence-electron chi connectivity index (χ3n) is 2.85. The summed E-state index contributed by atoms with van der Waals surface area (Å²) in [6, 6.07) is 7.56. The fraction of sp³-hybridized carbons (Fsp3) is 0.286. The van der Waals surface area contributed by atoms with Gasteiger partial charge in [0.15, 0.2) is 0 Å². The zero-order chi connectivity index (χ0) is 16.7. The number of benzene rings is 1. The number of ether oxygens (including phenoxy) is 2. The van der Waals surface area contributed by atoms with Gasteiger partial charge in [0.25, 0.3) is 0 Å². The summed E-state index contributed by atoms with van der Waals surface area (Å²) in [6.07, 6.45) is 0. The van der Waals surface area contributed by atoms with Crippen LogP contribution in [0.4, 0.5) is 5.95 Å². The Morgan fingerprint density at radius 1 is 1.35 bits per heavy atom. The number of methoxy groups -OCH3 is 2. The molecule has 0 radical (unpaired) electrons. The van der Waals surface area contributed by atoms with Gasteiger partial charge < -0.3 is 9.47 Å². The van der Waals surface area contributed by atoms with E-state index in [2.05, 4.69) is 30.4 Å². The lowest BCUT2D eigenvalue weighted by atomic mass is 10.1. The lowest BCUT2D eigenvalue weighted by Crippen LogP contribution is -2.03. The highest BCUT2D eigenvalue weighted by Gasteiger charge is 2.07. The second kappa shape index (κ2) is 8.18. The first kappa shape index (κ1) is 16.8. The quantitative estimate of drug-likeness (QED) is 0.345. The van der Waals surface area contributed by atoms with Gasteiger partial charge >= 0.3 is 5.97 Å². The van der Waals surface area contributed by atoms with Crippen molar-refractivity contribution < 1.29 is 14.3 Å². The molecule has 0 saturated carbocycles. The number of aromatic nitrogens is 3. The van der Waals surface area contributed by atoms with Gasteiger partial charge in [0.05, 0.1) is 25.7 Å². The van der Waals surface area contributed by atoms with Crippen LogP contribution in [0.1, 0.15) is 12.5 Å². The topological polar surface area (TPSA) is 101 Å². The van der Waals surface area contributed by atoms with E-state index in [0.717, 1.165) is 17.0 Å². The van der Waals surface area contributed by atoms with Gasteiger partial charge in [0.1, 0.15) is 5.75 Å². The molecular weight excluding hydrogens is 318 g/mol. The average molecular weight is 335 g/mol. The Kier molecular flexibility index (Phi) is 5.98. The molecule has 0 aliphatic heterocycles. The predicted octanol–water partition coefficient (Wildman–Crippen LogP) is 1.91. The Balaban J connectivity index is 1.93. The molecule has 0 atom stereocenters. The number of aromatic amines is 1. The van der Waals surface area contributed by atoms with E-state index in [1.54, 1.807) is 7.11 Å². The van der Waals surface area contributed by atoms with E-state index in [-0.39, 0.29) is 11.7 Å². The minimum Gasteiger partial charge on any atom is -0.497 e. The summed E-state index contributed by atoms with van der Waals surface area (Å²) in [4.78, 5) is 15.2. The maximum atomic E-state index is 11.1. The van der Waals surface area contributed by atoms with Gasteiger partial charge in [-0.2, -0.15) is 10.1 Å². The highest BCUT2D eigenvalue weighted by molar-refractivity contribution is 7.99. The van der Waals surface area contributed by atoms with Crippen LogP contribution >= 0.6 is 11.8 Å². The molecule has 0 spiro atoms. The lowest BCUT2D eigenvalue weighted by Gasteiger charge is -2.03. The summed E-state index contributed by atoms with van der Waals surface area (Å²) in [6.45, 7) is 1.87. The van der Waals surface area contributed by atoms with Crippen LogP contribution in [0.15, 0.2) is 34.5 Å². The van der Waals surface area contributed by atoms with Crippen molar-refractivity contribution in [2.75, 3.05) is 25.4 Å². The van der Waals surface area contributed by atoms with Crippen molar-refractivity contribution >= 4 is 29.4 Å². The van der Waals surface area contributed by atoms with Crippen LogP contribution in [0.25, 0.3) is 0 Å². The number of carbonyl (C=O) groups is 1. The van der Waals surface area contributed by atoms with Gasteiger partial charge in [-0.25, -0.2) is 10.5 Å². The van der Waals surface area contributed by atoms with Crippen molar-refractivity contribution in [3.05, 3.63) is 29.8 Å². The molecule has 0 aliphatic rings. The van der Waals surface area contributed by atoms with Crippen LogP contribution in [0, 0.1) is 0 Å². The van der Waals surface area contributed by atoms with Crippen LogP contribution in [0.5, 0.6) is 5.75 Å². The molecule has 0 unspecified atom stereocenters. The van der Waals surface area contributed by atoms with Gasteiger partial charge in [-0.15, -0.1) is 5.10 Å². The smallest absolute Gasteiger partial charge is 0.316 e. The largest absolute Gasteiger partial charge is 0.497 e. The Morgan fingerprint density at radius 2 is 2.09 bits per heavy atom. The summed E-state index contributed by atoms with van der Waals surface area (Å²) in [7, 11) is 2.96. The number of H-pyrrole nitrogens is 1. The van der Waals surface area contributed by atoms with Gasteiger partial charge in [0, 0.05) is 0 Å². The van der Waals surface area contributed by atoms with E-state index >= 15 is 0 Å². The van der Waals surface area contributed by atoms with Gasteiger partial charge in [-0.05, 0) is 36.8 Å². The number of hydrazone groups is 1. The second-order valence-electron chi connectivity index (χ2n) is 4.37. The van der Waals surface area contributed by atoms with Crippen LogP contribution in [0.2, 0.25) is 0 Å². The highest BCUT2D eigenvalue weighted by Crippen LogP contribution is 2.15. The molecule has 2 N–H and O–H groups in total. The van der Waals surface area contributed by atoms with E-state index in [9.17, 15) is 4.79 Å². The van der Waals surface area contributed by atoms with Crippen LogP contribution in [0.3, 0.4) is 0 Å². The number of anilines is 1. The van der Waals surface area contributed by atoms with Crippen molar-refractivity contribution in [3.8, 4) is 5.75 Å². The zero-order valence-electron chi connectivity index (χ0n) is 13.0. The summed E-state index contributed by atoms with van der Waals surface area (Å²) in [5, 5.41) is 11.3. The third kappa shape index (κ3) is 4.99. The van der Waals surface area contributed by atoms with Gasteiger partial charge in [0.2, 0.25) is 11.1 Å². The van der Waals surface area contributed by atoms with E-state index in [1.807, 2.05) is 31.2 Å². The second-order valence-corrected chi connectivity index (χ2v) is 5.31. The fourth-order valence-corrected chi connectivity index (χ4v) is 2.21. The molecule has 0 bridgehead atoms. The van der Waals surface area contributed by atoms with Crippen LogP contribution in [-0.4, -0.2) is 46.8 Å². The molecule has 9 heteroatoms. The summed E-state index contributed by atoms with van der Waals surface area (Å²) >= 11 is 1.18. The molecular formula is C14H17N5O3S. The third-order valence-corrected chi connectivity index (χ3v) is 3.67. The molecule has 0 aliphatic carbocycles. The molecule has 2 aromatic rings. The first-order valence-electron chi connectivity index (χ1n) is 6.69. The minimum absolute atomic E-state index is 0.155. The lowest BCUT2D eigenvalue weighted by molar-refractivity contribution is -0.137. The number of hydrogen-bond acceptors (Lipinski definition) is 8. The molecule has 2 rings (SSSR count). The minimum atomic E-state index is -0.331. The average Bonchev–Trinajstić information content (AvgIpc) is 3.05. The Labute approximate surface area is 137 Å². The molecule has 1 aromatic carbocycles. The van der Waals surface area contributed by atoms with E-state index < -0.39 is 0 Å². The van der Waals surface area contributed by atoms with Crippen molar-refractivity contribution in [2.24, 2.45) is 5.10 Å². The van der Waals surface area contributed by atoms with E-state index in [4.69, 9.17) is 4.74 Å². The standard InChI is InChI=1S/C14H17N5O3S/c1-9(10-4-6-11(21-2)7-5-10)16-17-13-15-14(19-18-13)23-8-12(20)22-3/h4-7H,8H2,1-3H3,(H2,15,17,18,19)/b16-9+. The van der Waals surface area contributed by atoms with Crippen LogP contribution in [-0.2, 0) is 9.53 Å². The molecule has 0 amide bonds. The van der Waals surface area contributed by atoms with E-state index in [0.29, 0.717) is 11.1 Å². The van der Waals surface area contributed by atoms with Gasteiger partial charge in [-0.3, -0.25) is 4.79 Å². The maximum Gasteiger partial charge on any atom is 0.316 e. The van der Waals surface area contributed by atoms with Crippen LogP contribution < -0.4 is 10.2 Å². The molecule has 8 nitrogen and oxygen atoms in total. The van der Waals surface area contributed by atoms with E-state index in [1.165, 1.54) is 18.9 Å². The fourth-order valence-electron chi connectivity index (χ4n) is 1.58. The maximum absolute atomic E-state index is 11.1. The van der Waals surface area contributed by atoms with Crippen molar-refractivity contribution in [3.63, 3.8) is 0 Å². The number of carbonyl (C=O) groups excluding carboxylic acids is 1. The number of rotatable bonds is 7. The van der Waals surface area contributed by atoms with Crippen molar-refractivity contribution in [1.29, 1.82) is 0 Å². The number of thioether (sulfide) groups is 1. The Bertz CT molecular complexity index is 684. The Hall–Kier alpha value is -2.55. The summed E-state index contributed by atoms with van der Waals surface area (Å²) in [5.41, 5.74) is 4.53. The predicted molar refractivity (Wildman–Crippen MR) is 88.0 cm³/mol. The van der Waals surface area contributed by atoms with Crippen molar-refractivity contribution in [2.45, 2.75) is 12.1 Å². The molecule has 1 heterocycles. The normalized spacial score (nSPS) is 11.2. The van der Waals surface area contributed by atoms with Crippen molar-refractivity contribution in [1.82, 2.24) is 15.2 Å². The molecule has 0 fully saturated rings. The summed E-state index contributed by atoms with van der Waals surface area (Å²) < 4.78 is 9.67. The number of nitrogens with one attached hydrogen (secondary N) is 2. The highest BCUT2D eigenvalue weighted by atomic mass is 32.2. The number of nitrogens with zero attached hydrogens (tertiary/aromatic N) is 3.